The third-order valence-electron chi connectivity index (χ3n) is 2.96. The van der Waals surface area contributed by atoms with E-state index in [0.717, 1.165) is 39.1 Å². The quantitative estimate of drug-likeness (QED) is 0.711. The van der Waals surface area contributed by atoms with Crippen LogP contribution in [0.15, 0.2) is 0 Å². The first-order valence-electron chi connectivity index (χ1n) is 6.33. The second-order valence-corrected chi connectivity index (χ2v) is 4.77. The third-order valence-corrected chi connectivity index (χ3v) is 2.96. The molecule has 1 heterocycles. The lowest BCUT2D eigenvalue weighted by molar-refractivity contribution is 0.158. The zero-order valence-corrected chi connectivity index (χ0v) is 10.9. The van der Waals surface area contributed by atoms with E-state index >= 15 is 0 Å². The molecule has 94 valence electrons. The molecule has 0 radical (unpaired) electrons. The molecular formula is C12H25N3O. The van der Waals surface area contributed by atoms with Crippen LogP contribution < -0.4 is 0 Å². The van der Waals surface area contributed by atoms with Gasteiger partial charge in [0.15, 0.2) is 0 Å². The van der Waals surface area contributed by atoms with Gasteiger partial charge in [0.05, 0.1) is 0 Å². The van der Waals surface area contributed by atoms with Crippen LogP contribution in [0, 0.1) is 0 Å². The number of likely N-dealkylation sites (tertiary alicyclic amines) is 1. The highest BCUT2D eigenvalue weighted by Gasteiger charge is 2.22. The second kappa shape index (κ2) is 6.74. The maximum Gasteiger partial charge on any atom is 0.320 e. The topological polar surface area (TPSA) is 26.8 Å². The number of carbonyl (C=O) groups is 1. The van der Waals surface area contributed by atoms with Crippen molar-refractivity contribution in [3.05, 3.63) is 0 Å². The maximum absolute atomic E-state index is 12.2. The monoisotopic (exact) mass is 227 g/mol. The first kappa shape index (κ1) is 13.3. The van der Waals surface area contributed by atoms with E-state index in [1.54, 1.807) is 0 Å². The highest BCUT2D eigenvalue weighted by molar-refractivity contribution is 5.74. The van der Waals surface area contributed by atoms with Crippen molar-refractivity contribution >= 4 is 6.03 Å². The number of urea groups is 1. The summed E-state index contributed by atoms with van der Waals surface area (Å²) in [5.41, 5.74) is 0. The molecule has 4 heteroatoms. The fourth-order valence-corrected chi connectivity index (χ4v) is 2.00. The standard InChI is InChI=1S/C12H25N3O/c1-4-7-14(11-10-13(2)3)12(16)15-8-5-6-9-15/h4-11H2,1-3H3. The molecule has 1 aliphatic rings. The molecule has 1 rings (SSSR count). The molecule has 0 aromatic carbocycles. The van der Waals surface area contributed by atoms with Gasteiger partial charge in [-0.1, -0.05) is 6.92 Å². The average molecular weight is 227 g/mol. The van der Waals surface area contributed by atoms with Gasteiger partial charge in [-0.3, -0.25) is 0 Å². The zero-order valence-electron chi connectivity index (χ0n) is 10.9. The summed E-state index contributed by atoms with van der Waals surface area (Å²) in [6, 6.07) is 0.237. The molecule has 0 saturated carbocycles. The number of hydrogen-bond acceptors (Lipinski definition) is 2. The van der Waals surface area contributed by atoms with Crippen molar-refractivity contribution in [2.45, 2.75) is 26.2 Å². The van der Waals surface area contributed by atoms with Crippen LogP contribution in [0.25, 0.3) is 0 Å². The Morgan fingerprint density at radius 3 is 2.25 bits per heavy atom. The van der Waals surface area contributed by atoms with Crippen molar-refractivity contribution in [3.8, 4) is 0 Å². The Kier molecular flexibility index (Phi) is 5.60. The van der Waals surface area contributed by atoms with E-state index in [0.29, 0.717) is 0 Å². The Morgan fingerprint density at radius 2 is 1.75 bits per heavy atom. The molecule has 0 N–H and O–H groups in total. The van der Waals surface area contributed by atoms with Crippen LogP contribution in [0.1, 0.15) is 26.2 Å². The predicted molar refractivity (Wildman–Crippen MR) is 66.6 cm³/mol. The summed E-state index contributed by atoms with van der Waals surface area (Å²) >= 11 is 0. The minimum Gasteiger partial charge on any atom is -0.325 e. The molecule has 16 heavy (non-hydrogen) atoms. The van der Waals surface area contributed by atoms with Crippen LogP contribution in [0.5, 0.6) is 0 Å². The van der Waals surface area contributed by atoms with Crippen LogP contribution in [0.2, 0.25) is 0 Å². The number of hydrogen-bond donors (Lipinski definition) is 0. The number of nitrogens with zero attached hydrogens (tertiary/aromatic N) is 3. The van der Waals surface area contributed by atoms with Crippen LogP contribution in [-0.4, -0.2) is 67.5 Å². The molecule has 1 saturated heterocycles. The van der Waals surface area contributed by atoms with Crippen molar-refractivity contribution in [1.29, 1.82) is 0 Å². The Hall–Kier alpha value is -0.770. The fraction of sp³-hybridized carbons (Fsp3) is 0.917. The van der Waals surface area contributed by atoms with Crippen LogP contribution in [-0.2, 0) is 0 Å². The van der Waals surface area contributed by atoms with E-state index < -0.39 is 0 Å². The third kappa shape index (κ3) is 4.00. The van der Waals surface area contributed by atoms with E-state index in [4.69, 9.17) is 0 Å². The molecule has 0 bridgehead atoms. The van der Waals surface area contributed by atoms with Crippen LogP contribution in [0.3, 0.4) is 0 Å². The molecule has 0 aromatic rings. The summed E-state index contributed by atoms with van der Waals surface area (Å²) < 4.78 is 0. The number of carbonyl (C=O) groups excluding carboxylic acids is 1. The Morgan fingerprint density at radius 1 is 1.12 bits per heavy atom. The van der Waals surface area contributed by atoms with Gasteiger partial charge in [0, 0.05) is 32.7 Å². The largest absolute Gasteiger partial charge is 0.325 e. The molecule has 2 amide bonds. The molecule has 1 fully saturated rings. The van der Waals surface area contributed by atoms with Crippen molar-refractivity contribution in [3.63, 3.8) is 0 Å². The summed E-state index contributed by atoms with van der Waals surface area (Å²) in [4.78, 5) is 18.3. The Balaban J connectivity index is 2.43. The SMILES string of the molecule is CCCN(CCN(C)C)C(=O)N1CCCC1. The van der Waals surface area contributed by atoms with Gasteiger partial charge in [0.1, 0.15) is 0 Å². The molecular weight excluding hydrogens is 202 g/mol. The van der Waals surface area contributed by atoms with Crippen molar-refractivity contribution < 1.29 is 4.79 Å². The minimum atomic E-state index is 0.237. The highest BCUT2D eigenvalue weighted by atomic mass is 16.2. The number of amides is 2. The highest BCUT2D eigenvalue weighted by Crippen LogP contribution is 2.10. The average Bonchev–Trinajstić information content (AvgIpc) is 2.76. The van der Waals surface area contributed by atoms with Gasteiger partial charge in [-0.2, -0.15) is 0 Å². The minimum absolute atomic E-state index is 0.237. The molecule has 0 atom stereocenters. The Bertz CT molecular complexity index is 212. The number of rotatable bonds is 5. The van der Waals surface area contributed by atoms with E-state index in [2.05, 4.69) is 11.8 Å². The molecule has 0 aliphatic carbocycles. The first-order valence-corrected chi connectivity index (χ1v) is 6.33. The molecule has 0 spiro atoms. The Labute approximate surface area is 99.2 Å². The fourth-order valence-electron chi connectivity index (χ4n) is 2.00. The van der Waals surface area contributed by atoms with Gasteiger partial charge in [0.2, 0.25) is 0 Å². The van der Waals surface area contributed by atoms with Crippen molar-refractivity contribution in [1.82, 2.24) is 14.7 Å². The predicted octanol–water partition coefficient (Wildman–Crippen LogP) is 1.48. The molecule has 4 nitrogen and oxygen atoms in total. The number of likely N-dealkylation sites (N-methyl/N-ethyl adjacent to an activating group) is 1. The molecule has 1 aliphatic heterocycles. The molecule has 0 unspecified atom stereocenters. The smallest absolute Gasteiger partial charge is 0.320 e. The summed E-state index contributed by atoms with van der Waals surface area (Å²) in [6.45, 7) is 6.68. The normalized spacial score (nSPS) is 15.9. The van der Waals surface area contributed by atoms with Gasteiger partial charge in [-0.05, 0) is 33.4 Å². The van der Waals surface area contributed by atoms with Gasteiger partial charge in [-0.25, -0.2) is 4.79 Å². The maximum atomic E-state index is 12.2. The van der Waals surface area contributed by atoms with Gasteiger partial charge >= 0.3 is 6.03 Å². The van der Waals surface area contributed by atoms with Gasteiger partial charge in [0.25, 0.3) is 0 Å². The summed E-state index contributed by atoms with van der Waals surface area (Å²) in [6.07, 6.45) is 3.37. The van der Waals surface area contributed by atoms with Crippen molar-refractivity contribution in [2.75, 3.05) is 46.8 Å². The lowest BCUT2D eigenvalue weighted by Crippen LogP contribution is -2.44. The second-order valence-electron chi connectivity index (χ2n) is 4.77. The van der Waals surface area contributed by atoms with E-state index in [1.165, 1.54) is 12.8 Å². The van der Waals surface area contributed by atoms with Gasteiger partial charge < -0.3 is 14.7 Å². The summed E-state index contributed by atoms with van der Waals surface area (Å²) in [5, 5.41) is 0. The first-order chi connectivity index (χ1) is 7.65. The van der Waals surface area contributed by atoms with E-state index in [-0.39, 0.29) is 6.03 Å². The van der Waals surface area contributed by atoms with Gasteiger partial charge in [-0.15, -0.1) is 0 Å². The van der Waals surface area contributed by atoms with E-state index in [1.807, 2.05) is 23.9 Å². The lowest BCUT2D eigenvalue weighted by Gasteiger charge is -2.28. The van der Waals surface area contributed by atoms with Crippen LogP contribution >= 0.6 is 0 Å². The van der Waals surface area contributed by atoms with E-state index in [9.17, 15) is 4.79 Å². The van der Waals surface area contributed by atoms with Crippen molar-refractivity contribution in [2.24, 2.45) is 0 Å². The zero-order chi connectivity index (χ0) is 12.0. The molecule has 0 aromatic heterocycles. The lowest BCUT2D eigenvalue weighted by atomic mass is 10.4. The van der Waals surface area contributed by atoms with Crippen LogP contribution in [0.4, 0.5) is 4.79 Å². The summed E-state index contributed by atoms with van der Waals surface area (Å²) in [7, 11) is 4.09. The summed E-state index contributed by atoms with van der Waals surface area (Å²) in [5.74, 6) is 0.